The molecule has 236 valence electrons. The van der Waals surface area contributed by atoms with Gasteiger partial charge >= 0.3 is 11.9 Å². The fourth-order valence-electron chi connectivity index (χ4n) is 9.15. The molecular formula is C32H48O10. The Balaban J connectivity index is 1.63. The molecule has 42 heavy (non-hydrogen) atoms. The number of ketones is 1. The number of epoxide rings is 1. The monoisotopic (exact) mass is 592 g/mol. The molecule has 4 fully saturated rings. The normalized spacial score (nSPS) is 45.9. The van der Waals surface area contributed by atoms with Gasteiger partial charge in [0.15, 0.2) is 17.0 Å². The molecule has 0 aromatic rings. The first-order valence-corrected chi connectivity index (χ1v) is 15.7. The van der Waals surface area contributed by atoms with Crippen molar-refractivity contribution in [1.29, 1.82) is 0 Å². The molecule has 0 bridgehead atoms. The number of ether oxygens (including phenoxy) is 3. The molecule has 0 aromatic carbocycles. The minimum Gasteiger partial charge on any atom is -0.458 e. The summed E-state index contributed by atoms with van der Waals surface area (Å²) in [6.45, 7) is 10.4. The number of Topliss-reactive ketones (excluding diaryl/α,β-unsaturated/α-hetero) is 1. The molecule has 10 heteroatoms. The molecule has 0 spiro atoms. The van der Waals surface area contributed by atoms with Crippen LogP contribution in [0.4, 0.5) is 0 Å². The standard InChI is InChI=1S/C32H48O10/c1-7-9-11-13-20(34)40-25-18(4)30(38)19-15-17(3)24(36)31(19,39)27(37)29(16-33)26(42-29)22(30)23-28(5,6)32(23,25)41-21(35)14-12-10-8-2/h15,18-19,22-23,25-27,33,37-39H,7-14,16H2,1-6H3/t18-,19+,22-,23+,25?,26?,27?,29?,30?,31?,32?/m1/s1. The first-order chi connectivity index (χ1) is 19.7. The summed E-state index contributed by atoms with van der Waals surface area (Å²) in [4.78, 5) is 40.0. The highest BCUT2D eigenvalue weighted by Crippen LogP contribution is 2.79. The van der Waals surface area contributed by atoms with Gasteiger partial charge < -0.3 is 34.6 Å². The number of fused-ring (bicyclic) bond motifs is 7. The minimum atomic E-state index is -2.47. The van der Waals surface area contributed by atoms with Crippen molar-refractivity contribution in [3.63, 3.8) is 0 Å². The quantitative estimate of drug-likeness (QED) is 0.159. The van der Waals surface area contributed by atoms with E-state index >= 15 is 0 Å². The van der Waals surface area contributed by atoms with Crippen LogP contribution in [-0.2, 0) is 28.6 Å². The Morgan fingerprint density at radius 2 is 1.62 bits per heavy atom. The molecule has 1 aliphatic heterocycles. The van der Waals surface area contributed by atoms with E-state index in [1.165, 1.54) is 13.0 Å². The van der Waals surface area contributed by atoms with Crippen molar-refractivity contribution >= 4 is 17.7 Å². The molecule has 10 nitrogen and oxygen atoms in total. The molecule has 0 aromatic heterocycles. The Hall–Kier alpha value is -1.85. The van der Waals surface area contributed by atoms with Crippen LogP contribution in [0.1, 0.15) is 92.9 Å². The summed E-state index contributed by atoms with van der Waals surface area (Å²) in [5, 5.41) is 46.9. The van der Waals surface area contributed by atoms with E-state index in [4.69, 9.17) is 14.2 Å². The molecule has 7 unspecified atom stereocenters. The fourth-order valence-corrected chi connectivity index (χ4v) is 9.15. The summed E-state index contributed by atoms with van der Waals surface area (Å²) < 4.78 is 18.5. The zero-order valence-electron chi connectivity index (χ0n) is 25.7. The van der Waals surface area contributed by atoms with E-state index in [0.29, 0.717) is 12.8 Å². The van der Waals surface area contributed by atoms with Crippen LogP contribution < -0.4 is 0 Å². The van der Waals surface area contributed by atoms with Crippen LogP contribution in [0, 0.1) is 29.1 Å². The van der Waals surface area contributed by atoms with Gasteiger partial charge in [-0.3, -0.25) is 14.4 Å². The SMILES string of the molecule is CCCCCC(=O)OC1[C@@H](C)C2(O)[C@@H]3C=C(C)C(=O)C3(O)C(O)C3(CO)OC3[C@H]2[C@H]2C(C)(C)C12OC(=O)CCCCC. The van der Waals surface area contributed by atoms with Crippen LogP contribution in [0.3, 0.4) is 0 Å². The van der Waals surface area contributed by atoms with Crippen molar-refractivity contribution in [2.75, 3.05) is 6.61 Å². The van der Waals surface area contributed by atoms with Gasteiger partial charge in [0.05, 0.1) is 18.3 Å². The third kappa shape index (κ3) is 3.90. The van der Waals surface area contributed by atoms with Crippen LogP contribution in [-0.4, -0.2) is 85.5 Å². The van der Waals surface area contributed by atoms with Crippen LogP contribution >= 0.6 is 0 Å². The number of esters is 2. The second kappa shape index (κ2) is 10.4. The van der Waals surface area contributed by atoms with Gasteiger partial charge in [0.25, 0.3) is 0 Å². The van der Waals surface area contributed by atoms with Crippen molar-refractivity contribution < 1.29 is 49.0 Å². The van der Waals surface area contributed by atoms with Gasteiger partial charge in [0.1, 0.15) is 17.8 Å². The molecule has 4 aliphatic carbocycles. The lowest BCUT2D eigenvalue weighted by Crippen LogP contribution is -2.69. The van der Waals surface area contributed by atoms with Crippen molar-refractivity contribution in [1.82, 2.24) is 0 Å². The van der Waals surface area contributed by atoms with Gasteiger partial charge in [0.2, 0.25) is 0 Å². The van der Waals surface area contributed by atoms with Crippen molar-refractivity contribution in [2.24, 2.45) is 29.1 Å². The summed E-state index contributed by atoms with van der Waals surface area (Å²) in [6, 6.07) is 0. The lowest BCUT2D eigenvalue weighted by Gasteiger charge is -2.53. The first-order valence-electron chi connectivity index (χ1n) is 15.7. The average molecular weight is 593 g/mol. The van der Waals surface area contributed by atoms with Gasteiger partial charge in [-0.1, -0.05) is 66.4 Å². The van der Waals surface area contributed by atoms with Crippen LogP contribution in [0.2, 0.25) is 0 Å². The summed E-state index contributed by atoms with van der Waals surface area (Å²) in [5.74, 6) is -5.35. The van der Waals surface area contributed by atoms with Gasteiger partial charge in [-0.25, -0.2) is 0 Å². The predicted octanol–water partition coefficient (Wildman–Crippen LogP) is 2.37. The van der Waals surface area contributed by atoms with Gasteiger partial charge in [-0.2, -0.15) is 0 Å². The summed E-state index contributed by atoms with van der Waals surface area (Å²) in [6.07, 6.45) is 2.81. The predicted molar refractivity (Wildman–Crippen MR) is 150 cm³/mol. The zero-order valence-corrected chi connectivity index (χ0v) is 25.7. The third-order valence-corrected chi connectivity index (χ3v) is 11.5. The number of rotatable bonds is 11. The van der Waals surface area contributed by atoms with Crippen LogP contribution in [0.5, 0.6) is 0 Å². The summed E-state index contributed by atoms with van der Waals surface area (Å²) in [5.41, 5.74) is -8.02. The number of aliphatic hydroxyl groups excluding tert-OH is 2. The number of carbonyl (C=O) groups is 3. The number of carbonyl (C=O) groups excluding carboxylic acids is 3. The Morgan fingerprint density at radius 3 is 2.19 bits per heavy atom. The Bertz CT molecular complexity index is 1160. The van der Waals surface area contributed by atoms with Crippen LogP contribution in [0.25, 0.3) is 0 Å². The number of unbranched alkanes of at least 4 members (excludes halogenated alkanes) is 4. The number of hydrogen-bond acceptors (Lipinski definition) is 10. The highest BCUT2D eigenvalue weighted by Gasteiger charge is 2.93. The van der Waals surface area contributed by atoms with Gasteiger partial charge in [-0.15, -0.1) is 0 Å². The molecule has 3 saturated carbocycles. The van der Waals surface area contributed by atoms with E-state index in [0.717, 1.165) is 25.7 Å². The van der Waals surface area contributed by atoms with E-state index in [2.05, 4.69) is 0 Å². The summed E-state index contributed by atoms with van der Waals surface area (Å²) >= 11 is 0. The van der Waals surface area contributed by atoms with E-state index in [-0.39, 0.29) is 18.4 Å². The van der Waals surface area contributed by atoms with Crippen molar-refractivity contribution in [2.45, 2.75) is 134 Å². The topological polar surface area (TPSA) is 163 Å². The molecule has 4 N–H and O–H groups in total. The smallest absolute Gasteiger partial charge is 0.306 e. The van der Waals surface area contributed by atoms with Crippen molar-refractivity contribution in [3.05, 3.63) is 11.6 Å². The molecule has 1 saturated heterocycles. The van der Waals surface area contributed by atoms with E-state index < -0.39 is 94.1 Å². The maximum Gasteiger partial charge on any atom is 0.306 e. The maximum atomic E-state index is 13.4. The first kappa shape index (κ1) is 31.6. The highest BCUT2D eigenvalue weighted by atomic mass is 16.6. The molecule has 0 amide bonds. The molecule has 5 aliphatic rings. The number of hydrogen-bond donors (Lipinski definition) is 4. The molecule has 1 heterocycles. The maximum absolute atomic E-state index is 13.4. The van der Waals surface area contributed by atoms with E-state index in [1.54, 1.807) is 6.92 Å². The Kier molecular flexibility index (Phi) is 7.79. The summed E-state index contributed by atoms with van der Waals surface area (Å²) in [7, 11) is 0. The zero-order chi connectivity index (χ0) is 31.0. The largest absolute Gasteiger partial charge is 0.458 e. The molecular weight excluding hydrogens is 544 g/mol. The highest BCUT2D eigenvalue weighted by molar-refractivity contribution is 6.05. The molecule has 0 radical (unpaired) electrons. The van der Waals surface area contributed by atoms with Gasteiger partial charge in [-0.05, 0) is 25.3 Å². The van der Waals surface area contributed by atoms with Gasteiger partial charge in [0, 0.05) is 41.9 Å². The third-order valence-electron chi connectivity index (χ3n) is 11.5. The minimum absolute atomic E-state index is 0.160. The Morgan fingerprint density at radius 1 is 1.02 bits per heavy atom. The molecule has 11 atom stereocenters. The Labute approximate surface area is 247 Å². The second-order valence-electron chi connectivity index (χ2n) is 14.0. The van der Waals surface area contributed by atoms with E-state index in [9.17, 15) is 34.8 Å². The number of aliphatic hydroxyl groups is 4. The average Bonchev–Trinajstić information content (AvgIpc) is 3.76. The lowest BCUT2D eigenvalue weighted by molar-refractivity contribution is -0.245. The molecule has 5 rings (SSSR count). The van der Waals surface area contributed by atoms with Crippen LogP contribution in [0.15, 0.2) is 11.6 Å². The lowest BCUT2D eigenvalue weighted by atomic mass is 9.58. The second-order valence-corrected chi connectivity index (χ2v) is 14.0. The van der Waals surface area contributed by atoms with Crippen molar-refractivity contribution in [3.8, 4) is 0 Å². The fraction of sp³-hybridized carbons (Fsp3) is 0.844. The van der Waals surface area contributed by atoms with E-state index in [1.807, 2.05) is 27.7 Å².